The number of anilines is 1. The number of para-hydroxylation sites is 1. The van der Waals surface area contributed by atoms with Gasteiger partial charge in [0.2, 0.25) is 0 Å². The van der Waals surface area contributed by atoms with E-state index in [1.54, 1.807) is 11.3 Å². The third-order valence-electron chi connectivity index (χ3n) is 5.81. The number of aliphatic carboxylic acids is 1. The molecule has 1 saturated heterocycles. The molecule has 0 saturated carbocycles. The minimum Gasteiger partial charge on any atom is -0.475 e. The Hall–Kier alpha value is -3.17. The fourth-order valence-electron chi connectivity index (χ4n) is 4.24. The fourth-order valence-corrected chi connectivity index (χ4v) is 4.97. The Kier molecular flexibility index (Phi) is 6.53. The van der Waals surface area contributed by atoms with Gasteiger partial charge < -0.3 is 15.3 Å². The maximum Gasteiger partial charge on any atom is 0.490 e. The van der Waals surface area contributed by atoms with Crippen LogP contribution in [0.1, 0.15) is 21.8 Å². The number of benzene rings is 2. The molecule has 2 N–H and O–H groups in total. The molecule has 9 heteroatoms. The number of carboxylic acid groups (broad SMARTS) is 1. The summed E-state index contributed by atoms with van der Waals surface area (Å²) >= 11 is 1.72. The van der Waals surface area contributed by atoms with E-state index in [1.807, 2.05) is 23.1 Å². The second-order valence-corrected chi connectivity index (χ2v) is 8.80. The van der Waals surface area contributed by atoms with Crippen molar-refractivity contribution in [2.75, 3.05) is 24.5 Å². The average Bonchev–Trinajstić information content (AvgIpc) is 3.50. The number of nitrogens with one attached hydrogen (secondary N) is 1. The largest absolute Gasteiger partial charge is 0.490 e. The number of amides is 1. The predicted octanol–water partition coefficient (Wildman–Crippen LogP) is 5.01. The summed E-state index contributed by atoms with van der Waals surface area (Å²) in [7, 11) is 0. The van der Waals surface area contributed by atoms with Gasteiger partial charge in [0, 0.05) is 41.7 Å². The summed E-state index contributed by atoms with van der Waals surface area (Å²) in [5, 5.41) is 12.7. The van der Waals surface area contributed by atoms with Gasteiger partial charge in [-0.2, -0.15) is 13.2 Å². The standard InChI is InChI=1S/C22H20N2OS.C2HF3O2/c25-22(16-9-7-15(8-10-16)21-6-3-11-26-21)24-14-17-12-23-13-19(17)18-4-1-2-5-20(18)24;3-2(4,5)1(6)7/h1-11,17,19,23H,12-14H2;(H,6,7). The highest BCUT2D eigenvalue weighted by Gasteiger charge is 2.39. The number of carbonyl (C=O) groups excluding carboxylic acids is 1. The maximum atomic E-state index is 13.3. The van der Waals surface area contributed by atoms with Crippen LogP contribution in [0.4, 0.5) is 18.9 Å². The van der Waals surface area contributed by atoms with Crippen molar-refractivity contribution in [3.8, 4) is 10.4 Å². The van der Waals surface area contributed by atoms with Gasteiger partial charge in [-0.1, -0.05) is 36.4 Å². The summed E-state index contributed by atoms with van der Waals surface area (Å²) in [6, 6.07) is 20.5. The topological polar surface area (TPSA) is 69.6 Å². The summed E-state index contributed by atoms with van der Waals surface area (Å²) in [6.07, 6.45) is -5.08. The molecule has 1 aromatic heterocycles. The van der Waals surface area contributed by atoms with Gasteiger partial charge in [-0.3, -0.25) is 4.79 Å². The molecule has 2 aliphatic heterocycles. The van der Waals surface area contributed by atoms with Crippen molar-refractivity contribution in [3.63, 3.8) is 0 Å². The minimum absolute atomic E-state index is 0.0977. The van der Waals surface area contributed by atoms with Crippen LogP contribution >= 0.6 is 11.3 Å². The van der Waals surface area contributed by atoms with Crippen LogP contribution in [0.3, 0.4) is 0 Å². The predicted molar refractivity (Wildman–Crippen MR) is 121 cm³/mol. The molecule has 172 valence electrons. The normalized spacial score (nSPS) is 19.2. The highest BCUT2D eigenvalue weighted by molar-refractivity contribution is 7.13. The molecular formula is C24H21F3N2O3S. The highest BCUT2D eigenvalue weighted by atomic mass is 32.1. The van der Waals surface area contributed by atoms with Gasteiger partial charge in [-0.05, 0) is 46.7 Å². The van der Waals surface area contributed by atoms with Crippen LogP contribution in [-0.2, 0) is 4.79 Å². The lowest BCUT2D eigenvalue weighted by atomic mass is 9.83. The number of fused-ring (bicyclic) bond motifs is 3. The molecule has 2 aromatic carbocycles. The Morgan fingerprint density at radius 1 is 1.00 bits per heavy atom. The van der Waals surface area contributed by atoms with Gasteiger partial charge in [0.05, 0.1) is 0 Å². The molecule has 0 bridgehead atoms. The molecule has 2 unspecified atom stereocenters. The number of alkyl halides is 3. The van der Waals surface area contributed by atoms with Crippen molar-refractivity contribution >= 4 is 28.9 Å². The first-order valence-electron chi connectivity index (χ1n) is 10.3. The highest BCUT2D eigenvalue weighted by Crippen LogP contribution is 2.40. The van der Waals surface area contributed by atoms with Crippen LogP contribution in [0.2, 0.25) is 0 Å². The van der Waals surface area contributed by atoms with Crippen molar-refractivity contribution in [2.45, 2.75) is 12.1 Å². The average molecular weight is 475 g/mol. The van der Waals surface area contributed by atoms with E-state index in [-0.39, 0.29) is 5.91 Å². The summed E-state index contributed by atoms with van der Waals surface area (Å²) in [4.78, 5) is 25.4. The van der Waals surface area contributed by atoms with Crippen LogP contribution < -0.4 is 10.2 Å². The number of halogens is 3. The molecule has 0 radical (unpaired) electrons. The zero-order chi connectivity index (χ0) is 23.6. The number of hydrogen-bond acceptors (Lipinski definition) is 4. The van der Waals surface area contributed by atoms with E-state index in [2.05, 4.69) is 53.2 Å². The van der Waals surface area contributed by atoms with Gasteiger partial charge in [0.15, 0.2) is 0 Å². The van der Waals surface area contributed by atoms with Crippen LogP contribution in [0.5, 0.6) is 0 Å². The molecule has 1 fully saturated rings. The number of rotatable bonds is 2. The number of carbonyl (C=O) groups is 2. The Labute approximate surface area is 192 Å². The van der Waals surface area contributed by atoms with E-state index in [0.717, 1.165) is 36.4 Å². The molecule has 3 heterocycles. The van der Waals surface area contributed by atoms with E-state index in [4.69, 9.17) is 9.90 Å². The van der Waals surface area contributed by atoms with E-state index in [9.17, 15) is 18.0 Å². The molecule has 0 aliphatic carbocycles. The second kappa shape index (κ2) is 9.36. The second-order valence-electron chi connectivity index (χ2n) is 7.86. The monoisotopic (exact) mass is 474 g/mol. The van der Waals surface area contributed by atoms with Gasteiger partial charge in [-0.25, -0.2) is 4.79 Å². The summed E-state index contributed by atoms with van der Waals surface area (Å²) in [5.74, 6) is -1.64. The van der Waals surface area contributed by atoms with Crippen LogP contribution in [-0.4, -0.2) is 42.8 Å². The van der Waals surface area contributed by atoms with Gasteiger partial charge >= 0.3 is 12.1 Å². The Bertz CT molecular complexity index is 1130. The Morgan fingerprint density at radius 2 is 1.70 bits per heavy atom. The molecule has 1 amide bonds. The maximum absolute atomic E-state index is 13.3. The number of thiophene rings is 1. The van der Waals surface area contributed by atoms with E-state index < -0.39 is 12.1 Å². The summed E-state index contributed by atoms with van der Waals surface area (Å²) in [6.45, 7) is 2.79. The zero-order valence-electron chi connectivity index (χ0n) is 17.4. The van der Waals surface area contributed by atoms with Gasteiger partial charge in [-0.15, -0.1) is 11.3 Å². The van der Waals surface area contributed by atoms with Crippen molar-refractivity contribution < 1.29 is 27.9 Å². The minimum atomic E-state index is -5.08. The third-order valence-corrected chi connectivity index (χ3v) is 6.73. The number of nitrogens with zero attached hydrogens (tertiary/aromatic N) is 1. The van der Waals surface area contributed by atoms with E-state index in [1.165, 1.54) is 10.4 Å². The number of carboxylic acids is 1. The molecule has 33 heavy (non-hydrogen) atoms. The van der Waals surface area contributed by atoms with E-state index >= 15 is 0 Å². The molecule has 2 atom stereocenters. The Morgan fingerprint density at radius 3 is 2.33 bits per heavy atom. The first kappa shape index (κ1) is 23.0. The van der Waals surface area contributed by atoms with Crippen LogP contribution in [0.15, 0.2) is 66.0 Å². The first-order valence-corrected chi connectivity index (χ1v) is 11.2. The van der Waals surface area contributed by atoms with Crippen molar-refractivity contribution in [3.05, 3.63) is 77.2 Å². The quantitative estimate of drug-likeness (QED) is 0.548. The van der Waals surface area contributed by atoms with Gasteiger partial charge in [0.25, 0.3) is 5.91 Å². The zero-order valence-corrected chi connectivity index (χ0v) is 18.2. The van der Waals surface area contributed by atoms with Crippen molar-refractivity contribution in [2.24, 2.45) is 5.92 Å². The lowest BCUT2D eigenvalue weighted by Crippen LogP contribution is -2.41. The fraction of sp³-hybridized carbons (Fsp3) is 0.250. The SMILES string of the molecule is O=C(O)C(F)(F)F.O=C(c1ccc(-c2cccs2)cc1)N1CC2CNCC2c2ccccc21. The molecular weight excluding hydrogens is 453 g/mol. The van der Waals surface area contributed by atoms with Crippen molar-refractivity contribution in [1.29, 1.82) is 0 Å². The third kappa shape index (κ3) is 4.94. The Balaban J connectivity index is 0.000000325. The van der Waals surface area contributed by atoms with Gasteiger partial charge in [0.1, 0.15) is 0 Å². The summed E-state index contributed by atoms with van der Waals surface area (Å²) < 4.78 is 31.7. The molecule has 0 spiro atoms. The smallest absolute Gasteiger partial charge is 0.475 e. The summed E-state index contributed by atoms with van der Waals surface area (Å²) in [5.41, 5.74) is 4.29. The lowest BCUT2D eigenvalue weighted by molar-refractivity contribution is -0.192. The number of hydrogen-bond donors (Lipinski definition) is 2. The molecule has 3 aromatic rings. The molecule has 2 aliphatic rings. The van der Waals surface area contributed by atoms with Crippen LogP contribution in [0.25, 0.3) is 10.4 Å². The van der Waals surface area contributed by atoms with Crippen LogP contribution in [0, 0.1) is 5.92 Å². The first-order chi connectivity index (χ1) is 15.8. The van der Waals surface area contributed by atoms with E-state index in [0.29, 0.717) is 11.8 Å². The van der Waals surface area contributed by atoms with Crippen molar-refractivity contribution in [1.82, 2.24) is 5.32 Å². The lowest BCUT2D eigenvalue weighted by Gasteiger charge is -2.36. The molecule has 5 nitrogen and oxygen atoms in total. The molecule has 5 rings (SSSR count).